The van der Waals surface area contributed by atoms with E-state index in [2.05, 4.69) is 16.8 Å². The molecule has 0 radical (unpaired) electrons. The summed E-state index contributed by atoms with van der Waals surface area (Å²) in [5, 5.41) is 0. The number of likely N-dealkylation sites (N-methyl/N-ethyl adjacent to an activating group) is 1. The molecule has 140 valence electrons. The standard InChI is InChI=1S/C20H27N3O2S/c1-21-12-14-23(15-13-21)17-19-8-10-20(11-9-19)26(24,25)22(2)16-18-6-4-3-5-7-18/h3-11H,12-17H2,1-2H3. The SMILES string of the molecule is CN1CCN(Cc2ccc(S(=O)(=O)N(C)Cc3ccccc3)cc2)CC1. The molecule has 0 spiro atoms. The first kappa shape index (κ1) is 19.0. The normalized spacial score (nSPS) is 16.9. The molecule has 1 aliphatic heterocycles. The molecule has 1 fully saturated rings. The van der Waals surface area contributed by atoms with Crippen molar-refractivity contribution in [2.24, 2.45) is 0 Å². The molecular formula is C20H27N3O2S. The fourth-order valence-corrected chi connectivity index (χ4v) is 4.30. The Hall–Kier alpha value is -1.73. The van der Waals surface area contributed by atoms with Crippen LogP contribution in [0.1, 0.15) is 11.1 Å². The summed E-state index contributed by atoms with van der Waals surface area (Å²) in [4.78, 5) is 5.08. The van der Waals surface area contributed by atoms with Gasteiger partial charge in [0.25, 0.3) is 0 Å². The molecule has 0 unspecified atom stereocenters. The number of piperazine rings is 1. The Labute approximate surface area is 156 Å². The summed E-state index contributed by atoms with van der Waals surface area (Å²) < 4.78 is 27.0. The Morgan fingerprint density at radius 3 is 2.12 bits per heavy atom. The molecule has 0 N–H and O–H groups in total. The molecule has 0 saturated carbocycles. The third-order valence-corrected chi connectivity index (χ3v) is 6.70. The zero-order chi connectivity index (χ0) is 18.6. The maximum Gasteiger partial charge on any atom is 0.243 e. The van der Waals surface area contributed by atoms with Crippen molar-refractivity contribution in [3.8, 4) is 0 Å². The maximum absolute atomic E-state index is 12.8. The van der Waals surface area contributed by atoms with Gasteiger partial charge in [0.1, 0.15) is 0 Å². The van der Waals surface area contributed by atoms with Crippen LogP contribution in [0.5, 0.6) is 0 Å². The molecule has 3 rings (SSSR count). The molecule has 0 bridgehead atoms. The van der Waals surface area contributed by atoms with Gasteiger partial charge in [0.2, 0.25) is 10.0 Å². The van der Waals surface area contributed by atoms with Gasteiger partial charge in [-0.3, -0.25) is 4.90 Å². The van der Waals surface area contributed by atoms with Crippen molar-refractivity contribution in [1.29, 1.82) is 0 Å². The van der Waals surface area contributed by atoms with Crippen molar-refractivity contribution in [3.63, 3.8) is 0 Å². The van der Waals surface area contributed by atoms with E-state index in [-0.39, 0.29) is 0 Å². The molecule has 0 aliphatic carbocycles. The number of nitrogens with zero attached hydrogens (tertiary/aromatic N) is 3. The quantitative estimate of drug-likeness (QED) is 0.779. The summed E-state index contributed by atoms with van der Waals surface area (Å²) >= 11 is 0. The highest BCUT2D eigenvalue weighted by molar-refractivity contribution is 7.89. The molecule has 0 atom stereocenters. The monoisotopic (exact) mass is 373 g/mol. The lowest BCUT2D eigenvalue weighted by molar-refractivity contribution is 0.148. The lowest BCUT2D eigenvalue weighted by atomic mass is 10.2. The van der Waals surface area contributed by atoms with Gasteiger partial charge in [-0.2, -0.15) is 4.31 Å². The van der Waals surface area contributed by atoms with Crippen LogP contribution in [-0.4, -0.2) is 62.8 Å². The van der Waals surface area contributed by atoms with Gasteiger partial charge < -0.3 is 4.90 Å². The van der Waals surface area contributed by atoms with Crippen molar-refractivity contribution in [2.75, 3.05) is 40.3 Å². The van der Waals surface area contributed by atoms with Gasteiger partial charge in [-0.15, -0.1) is 0 Å². The first-order valence-electron chi connectivity index (χ1n) is 8.95. The highest BCUT2D eigenvalue weighted by atomic mass is 32.2. The molecule has 1 heterocycles. The summed E-state index contributed by atoms with van der Waals surface area (Å²) in [6.45, 7) is 5.50. The van der Waals surface area contributed by atoms with Gasteiger partial charge in [-0.05, 0) is 30.3 Å². The van der Waals surface area contributed by atoms with Crippen LogP contribution in [0, 0.1) is 0 Å². The van der Waals surface area contributed by atoms with Crippen LogP contribution in [-0.2, 0) is 23.1 Å². The summed E-state index contributed by atoms with van der Waals surface area (Å²) in [7, 11) is 0.286. The molecular weight excluding hydrogens is 346 g/mol. The minimum Gasteiger partial charge on any atom is -0.304 e. The van der Waals surface area contributed by atoms with Crippen LogP contribution >= 0.6 is 0 Å². The third kappa shape index (κ3) is 4.71. The van der Waals surface area contributed by atoms with E-state index in [4.69, 9.17) is 0 Å². The average Bonchev–Trinajstić information content (AvgIpc) is 2.65. The highest BCUT2D eigenvalue weighted by Crippen LogP contribution is 2.18. The average molecular weight is 374 g/mol. The number of hydrogen-bond acceptors (Lipinski definition) is 4. The van der Waals surface area contributed by atoms with Crippen molar-refractivity contribution in [1.82, 2.24) is 14.1 Å². The summed E-state index contributed by atoms with van der Waals surface area (Å²) in [6, 6.07) is 17.0. The number of rotatable bonds is 6. The van der Waals surface area contributed by atoms with Crippen LogP contribution in [0.4, 0.5) is 0 Å². The van der Waals surface area contributed by atoms with Crippen molar-refractivity contribution in [3.05, 3.63) is 65.7 Å². The molecule has 1 saturated heterocycles. The van der Waals surface area contributed by atoms with E-state index in [1.165, 1.54) is 4.31 Å². The first-order valence-corrected chi connectivity index (χ1v) is 10.4. The molecule has 5 nitrogen and oxygen atoms in total. The molecule has 2 aromatic rings. The van der Waals surface area contributed by atoms with Crippen LogP contribution in [0.3, 0.4) is 0 Å². The maximum atomic E-state index is 12.8. The van der Waals surface area contributed by atoms with Crippen LogP contribution in [0.25, 0.3) is 0 Å². The van der Waals surface area contributed by atoms with E-state index in [9.17, 15) is 8.42 Å². The fourth-order valence-electron chi connectivity index (χ4n) is 3.14. The van der Waals surface area contributed by atoms with Gasteiger partial charge in [0, 0.05) is 46.3 Å². The predicted molar refractivity (Wildman–Crippen MR) is 104 cm³/mol. The summed E-state index contributed by atoms with van der Waals surface area (Å²) in [5.74, 6) is 0. The van der Waals surface area contributed by atoms with Crippen molar-refractivity contribution >= 4 is 10.0 Å². The number of sulfonamides is 1. The zero-order valence-electron chi connectivity index (χ0n) is 15.5. The smallest absolute Gasteiger partial charge is 0.243 e. The second kappa shape index (κ2) is 8.31. The number of hydrogen-bond donors (Lipinski definition) is 0. The Morgan fingerprint density at radius 2 is 1.50 bits per heavy atom. The van der Waals surface area contributed by atoms with Crippen LogP contribution in [0.15, 0.2) is 59.5 Å². The van der Waals surface area contributed by atoms with Crippen LogP contribution < -0.4 is 0 Å². The Bertz CT molecular complexity index is 799. The minimum absolute atomic E-state index is 0.345. The zero-order valence-corrected chi connectivity index (χ0v) is 16.3. The molecule has 2 aromatic carbocycles. The molecule has 1 aliphatic rings. The lowest BCUT2D eigenvalue weighted by Crippen LogP contribution is -2.43. The van der Waals surface area contributed by atoms with E-state index >= 15 is 0 Å². The van der Waals surface area contributed by atoms with E-state index in [1.54, 1.807) is 19.2 Å². The fraction of sp³-hybridized carbons (Fsp3) is 0.400. The lowest BCUT2D eigenvalue weighted by Gasteiger charge is -2.32. The van der Waals surface area contributed by atoms with Crippen molar-refractivity contribution in [2.45, 2.75) is 18.0 Å². The van der Waals surface area contributed by atoms with E-state index < -0.39 is 10.0 Å². The van der Waals surface area contributed by atoms with Gasteiger partial charge >= 0.3 is 0 Å². The summed E-state index contributed by atoms with van der Waals surface area (Å²) in [6.07, 6.45) is 0. The van der Waals surface area contributed by atoms with Gasteiger partial charge in [0.15, 0.2) is 0 Å². The van der Waals surface area contributed by atoms with E-state index in [0.717, 1.165) is 43.9 Å². The van der Waals surface area contributed by atoms with E-state index in [1.807, 2.05) is 42.5 Å². The molecule has 6 heteroatoms. The topological polar surface area (TPSA) is 43.9 Å². The molecule has 26 heavy (non-hydrogen) atoms. The highest BCUT2D eigenvalue weighted by Gasteiger charge is 2.21. The Morgan fingerprint density at radius 1 is 0.885 bits per heavy atom. The van der Waals surface area contributed by atoms with Gasteiger partial charge in [-0.25, -0.2) is 8.42 Å². The van der Waals surface area contributed by atoms with Crippen LogP contribution in [0.2, 0.25) is 0 Å². The predicted octanol–water partition coefficient (Wildman–Crippen LogP) is 2.25. The Kier molecular flexibility index (Phi) is 6.09. The second-order valence-electron chi connectivity index (χ2n) is 6.97. The largest absolute Gasteiger partial charge is 0.304 e. The molecule has 0 aromatic heterocycles. The Balaban J connectivity index is 1.64. The van der Waals surface area contributed by atoms with Gasteiger partial charge in [0.05, 0.1) is 4.90 Å². The van der Waals surface area contributed by atoms with Crippen molar-refractivity contribution < 1.29 is 8.42 Å². The number of benzene rings is 2. The van der Waals surface area contributed by atoms with Gasteiger partial charge in [-0.1, -0.05) is 42.5 Å². The third-order valence-electron chi connectivity index (χ3n) is 4.88. The minimum atomic E-state index is -3.48. The second-order valence-corrected chi connectivity index (χ2v) is 9.01. The van der Waals surface area contributed by atoms with E-state index in [0.29, 0.717) is 11.4 Å². The first-order chi connectivity index (χ1) is 12.4. The molecule has 0 amide bonds. The summed E-state index contributed by atoms with van der Waals surface area (Å²) in [5.41, 5.74) is 2.13.